The van der Waals surface area contributed by atoms with Crippen LogP contribution in [0, 0.1) is 11.3 Å². The normalized spacial score (nSPS) is 20.7. The van der Waals surface area contributed by atoms with E-state index in [0.29, 0.717) is 24.1 Å². The minimum Gasteiger partial charge on any atom is -0.395 e. The van der Waals surface area contributed by atoms with Crippen LogP contribution in [-0.2, 0) is 15.8 Å². The molecule has 0 aliphatic carbocycles. The molecule has 1 saturated heterocycles. The molecule has 114 valence electrons. The van der Waals surface area contributed by atoms with Gasteiger partial charge in [0.2, 0.25) is 10.0 Å². The topological polar surface area (TPSA) is 81.4 Å². The van der Waals surface area contributed by atoms with Crippen LogP contribution in [0.5, 0.6) is 0 Å². The zero-order chi connectivity index (χ0) is 15.3. The van der Waals surface area contributed by atoms with Crippen molar-refractivity contribution in [1.29, 1.82) is 5.26 Å². The number of rotatable bonds is 4. The summed E-state index contributed by atoms with van der Waals surface area (Å²) in [5.74, 6) is -0.0881. The molecule has 1 unspecified atom stereocenters. The molecule has 1 aromatic rings. The Morgan fingerprint density at radius 1 is 1.24 bits per heavy atom. The first-order valence-corrected chi connectivity index (χ1v) is 8.77. The Morgan fingerprint density at radius 2 is 1.95 bits per heavy atom. The third kappa shape index (κ3) is 4.03. The fraction of sp³-hybridized carbons (Fsp3) is 0.533. The molecule has 1 aliphatic rings. The molecule has 1 aliphatic heterocycles. The Balaban J connectivity index is 2.17. The minimum absolute atomic E-state index is 0.0881. The first-order chi connectivity index (χ1) is 10.1. The highest BCUT2D eigenvalue weighted by Gasteiger charge is 2.30. The lowest BCUT2D eigenvalue weighted by molar-refractivity contribution is 0.186. The lowest BCUT2D eigenvalue weighted by atomic mass is 10.1. The van der Waals surface area contributed by atoms with E-state index in [9.17, 15) is 13.5 Å². The summed E-state index contributed by atoms with van der Waals surface area (Å²) >= 11 is 0. The third-order valence-electron chi connectivity index (χ3n) is 3.82. The summed E-state index contributed by atoms with van der Waals surface area (Å²) in [4.78, 5) is 0. The summed E-state index contributed by atoms with van der Waals surface area (Å²) in [5.41, 5.74) is 1.18. The Kier molecular flexibility index (Phi) is 5.34. The summed E-state index contributed by atoms with van der Waals surface area (Å²) in [6, 6.07) is 8.28. The van der Waals surface area contributed by atoms with Crippen molar-refractivity contribution in [2.45, 2.75) is 37.5 Å². The molecular weight excluding hydrogens is 288 g/mol. The number of aliphatic hydroxyl groups is 1. The second kappa shape index (κ2) is 7.03. The van der Waals surface area contributed by atoms with Crippen LogP contribution in [0.25, 0.3) is 0 Å². The van der Waals surface area contributed by atoms with E-state index in [4.69, 9.17) is 5.26 Å². The van der Waals surface area contributed by atoms with Gasteiger partial charge >= 0.3 is 0 Å². The molecule has 0 saturated carbocycles. The summed E-state index contributed by atoms with van der Waals surface area (Å²) in [5, 5.41) is 18.2. The number of aliphatic hydroxyl groups excluding tert-OH is 1. The molecule has 1 fully saturated rings. The fourth-order valence-corrected chi connectivity index (χ4v) is 4.48. The van der Waals surface area contributed by atoms with Crippen LogP contribution in [0.2, 0.25) is 0 Å². The van der Waals surface area contributed by atoms with E-state index in [1.165, 1.54) is 4.31 Å². The number of hydrogen-bond donors (Lipinski definition) is 1. The highest BCUT2D eigenvalue weighted by atomic mass is 32.2. The summed E-state index contributed by atoms with van der Waals surface area (Å²) in [6.07, 6.45) is 3.50. The highest BCUT2D eigenvalue weighted by Crippen LogP contribution is 2.22. The van der Waals surface area contributed by atoms with Gasteiger partial charge in [-0.3, -0.25) is 0 Å². The van der Waals surface area contributed by atoms with Gasteiger partial charge in [-0.1, -0.05) is 25.0 Å². The van der Waals surface area contributed by atoms with Gasteiger partial charge in [-0.05, 0) is 30.5 Å². The second-order valence-electron chi connectivity index (χ2n) is 5.36. The SMILES string of the molecule is N#Cc1ccc(CS(=O)(=O)N2CCCCCC2CO)cc1. The van der Waals surface area contributed by atoms with Gasteiger partial charge in [0.15, 0.2) is 0 Å². The molecule has 2 rings (SSSR count). The monoisotopic (exact) mass is 308 g/mol. The molecule has 0 radical (unpaired) electrons. The molecule has 1 aromatic carbocycles. The Hall–Kier alpha value is -1.42. The van der Waals surface area contributed by atoms with Crippen molar-refractivity contribution in [3.8, 4) is 6.07 Å². The number of benzene rings is 1. The first kappa shape index (κ1) is 16.0. The van der Waals surface area contributed by atoms with E-state index < -0.39 is 10.0 Å². The maximum Gasteiger partial charge on any atom is 0.218 e. The van der Waals surface area contributed by atoms with E-state index in [2.05, 4.69) is 0 Å². The smallest absolute Gasteiger partial charge is 0.218 e. The number of nitriles is 1. The quantitative estimate of drug-likeness (QED) is 0.916. The summed E-state index contributed by atoms with van der Waals surface area (Å²) in [7, 11) is -3.45. The van der Waals surface area contributed by atoms with E-state index in [1.54, 1.807) is 24.3 Å². The van der Waals surface area contributed by atoms with Crippen LogP contribution in [0.3, 0.4) is 0 Å². The number of sulfonamides is 1. The van der Waals surface area contributed by atoms with Crippen LogP contribution in [0.4, 0.5) is 0 Å². The lowest BCUT2D eigenvalue weighted by Crippen LogP contribution is -2.42. The largest absolute Gasteiger partial charge is 0.395 e. The molecule has 21 heavy (non-hydrogen) atoms. The average molecular weight is 308 g/mol. The summed E-state index contributed by atoms with van der Waals surface area (Å²) in [6.45, 7) is 0.344. The number of hydrogen-bond acceptors (Lipinski definition) is 4. The van der Waals surface area contributed by atoms with Crippen LogP contribution in [0.15, 0.2) is 24.3 Å². The molecule has 1 heterocycles. The molecule has 6 heteroatoms. The standard InChI is InChI=1S/C15H20N2O3S/c16-10-13-5-7-14(8-6-13)12-21(19,20)17-9-3-1-2-4-15(17)11-18/h5-8,15,18H,1-4,9,11-12H2. The van der Waals surface area contributed by atoms with Gasteiger partial charge in [-0.15, -0.1) is 0 Å². The zero-order valence-electron chi connectivity index (χ0n) is 11.9. The molecule has 1 atom stereocenters. The predicted octanol–water partition coefficient (Wildman–Crippen LogP) is 1.62. The van der Waals surface area contributed by atoms with E-state index >= 15 is 0 Å². The van der Waals surface area contributed by atoms with Crippen molar-refractivity contribution < 1.29 is 13.5 Å². The molecular formula is C15H20N2O3S. The lowest BCUT2D eigenvalue weighted by Gasteiger charge is -2.27. The molecule has 5 nitrogen and oxygen atoms in total. The predicted molar refractivity (Wildman–Crippen MR) is 79.8 cm³/mol. The first-order valence-electron chi connectivity index (χ1n) is 7.16. The van der Waals surface area contributed by atoms with Gasteiger partial charge in [-0.25, -0.2) is 8.42 Å². The number of nitrogens with zero attached hydrogens (tertiary/aromatic N) is 2. The Bertz CT molecular complexity index is 605. The van der Waals surface area contributed by atoms with E-state index in [-0.39, 0.29) is 18.4 Å². The average Bonchev–Trinajstić information content (AvgIpc) is 2.73. The van der Waals surface area contributed by atoms with E-state index in [1.807, 2.05) is 6.07 Å². The fourth-order valence-electron chi connectivity index (χ4n) is 2.67. The maximum atomic E-state index is 12.6. The van der Waals surface area contributed by atoms with Gasteiger partial charge < -0.3 is 5.11 Å². The van der Waals surface area contributed by atoms with Gasteiger partial charge in [0.1, 0.15) is 0 Å². The second-order valence-corrected chi connectivity index (χ2v) is 7.28. The Labute approximate surface area is 125 Å². The van der Waals surface area contributed by atoms with Crippen LogP contribution in [0.1, 0.15) is 36.8 Å². The molecule has 0 amide bonds. The van der Waals surface area contributed by atoms with Crippen molar-refractivity contribution >= 4 is 10.0 Å². The molecule has 0 spiro atoms. The minimum atomic E-state index is -3.45. The molecule has 1 N–H and O–H groups in total. The highest BCUT2D eigenvalue weighted by molar-refractivity contribution is 7.88. The Morgan fingerprint density at radius 3 is 2.57 bits per heavy atom. The van der Waals surface area contributed by atoms with Crippen molar-refractivity contribution in [3.05, 3.63) is 35.4 Å². The summed E-state index contributed by atoms with van der Waals surface area (Å²) < 4.78 is 26.6. The third-order valence-corrected chi connectivity index (χ3v) is 5.72. The van der Waals surface area contributed by atoms with Crippen LogP contribution in [-0.4, -0.2) is 37.0 Å². The van der Waals surface area contributed by atoms with Gasteiger partial charge in [0.25, 0.3) is 0 Å². The van der Waals surface area contributed by atoms with Crippen LogP contribution >= 0.6 is 0 Å². The van der Waals surface area contributed by atoms with Gasteiger partial charge in [0.05, 0.1) is 24.0 Å². The van der Waals surface area contributed by atoms with Crippen LogP contribution < -0.4 is 0 Å². The van der Waals surface area contributed by atoms with Crippen molar-refractivity contribution in [2.75, 3.05) is 13.2 Å². The molecule has 0 aromatic heterocycles. The molecule has 0 bridgehead atoms. The van der Waals surface area contributed by atoms with Crippen molar-refractivity contribution in [3.63, 3.8) is 0 Å². The van der Waals surface area contributed by atoms with Gasteiger partial charge in [-0.2, -0.15) is 9.57 Å². The van der Waals surface area contributed by atoms with Gasteiger partial charge in [0, 0.05) is 12.6 Å². The van der Waals surface area contributed by atoms with E-state index in [0.717, 1.165) is 19.3 Å². The van der Waals surface area contributed by atoms with Crippen molar-refractivity contribution in [1.82, 2.24) is 4.31 Å². The maximum absolute atomic E-state index is 12.6. The zero-order valence-corrected chi connectivity index (χ0v) is 12.7. The van der Waals surface area contributed by atoms with Crippen molar-refractivity contribution in [2.24, 2.45) is 0 Å².